The van der Waals surface area contributed by atoms with Gasteiger partial charge in [0.15, 0.2) is 0 Å². The van der Waals surface area contributed by atoms with E-state index in [1.807, 2.05) is 0 Å². The lowest BCUT2D eigenvalue weighted by atomic mass is 9.75. The molecule has 0 radical (unpaired) electrons. The zero-order valence-corrected chi connectivity index (χ0v) is 14.2. The van der Waals surface area contributed by atoms with Gasteiger partial charge in [0.2, 0.25) is 0 Å². The molecule has 0 bridgehead atoms. The minimum absolute atomic E-state index is 0.176. The van der Waals surface area contributed by atoms with Crippen molar-refractivity contribution in [2.45, 2.75) is 25.2 Å². The minimum Gasteiger partial charge on any atom is -0.0918 e. The van der Waals surface area contributed by atoms with Crippen LogP contribution in [0.15, 0.2) is 59.1 Å². The number of benzene rings is 2. The maximum Gasteiger partial charge on any atom is 0.0175 e. The van der Waals surface area contributed by atoms with E-state index in [4.69, 9.17) is 0 Å². The molecule has 1 atom stereocenters. The molecule has 2 aromatic carbocycles. The van der Waals surface area contributed by atoms with E-state index in [0.29, 0.717) is 0 Å². The van der Waals surface area contributed by atoms with Crippen molar-refractivity contribution in [1.29, 1.82) is 0 Å². The highest BCUT2D eigenvalue weighted by Crippen LogP contribution is 2.34. The zero-order valence-electron chi connectivity index (χ0n) is 11.1. The van der Waals surface area contributed by atoms with Crippen molar-refractivity contribution in [2.24, 2.45) is 0 Å². The van der Waals surface area contributed by atoms with Gasteiger partial charge in [0, 0.05) is 15.2 Å². The van der Waals surface area contributed by atoms with Crippen LogP contribution in [0.4, 0.5) is 0 Å². The van der Waals surface area contributed by atoms with Crippen LogP contribution in [0.2, 0.25) is 0 Å². The summed E-state index contributed by atoms with van der Waals surface area (Å²) in [7, 11) is 0. The first-order valence-electron chi connectivity index (χ1n) is 6.56. The van der Waals surface area contributed by atoms with E-state index in [-0.39, 0.29) is 5.41 Å². The fraction of sp³-hybridized carbons (Fsp3) is 0.294. The SMILES string of the molecule is CCC(CBr)(Cc1ccc(Br)cc1)c1ccccc1. The van der Waals surface area contributed by atoms with Crippen LogP contribution >= 0.6 is 31.9 Å². The Balaban J connectivity index is 2.32. The topological polar surface area (TPSA) is 0 Å². The van der Waals surface area contributed by atoms with Gasteiger partial charge in [0.05, 0.1) is 0 Å². The zero-order chi connectivity index (χ0) is 13.7. The summed E-state index contributed by atoms with van der Waals surface area (Å²) in [5, 5.41) is 0.983. The van der Waals surface area contributed by atoms with Gasteiger partial charge in [0.1, 0.15) is 0 Å². The Bertz CT molecular complexity index is 499. The molecule has 0 heterocycles. The highest BCUT2D eigenvalue weighted by molar-refractivity contribution is 9.10. The van der Waals surface area contributed by atoms with Gasteiger partial charge in [-0.2, -0.15) is 0 Å². The molecular formula is C17H18Br2. The van der Waals surface area contributed by atoms with Gasteiger partial charge < -0.3 is 0 Å². The molecule has 1 unspecified atom stereocenters. The molecule has 0 nitrogen and oxygen atoms in total. The molecule has 0 spiro atoms. The Morgan fingerprint density at radius 2 is 1.58 bits per heavy atom. The van der Waals surface area contributed by atoms with Crippen LogP contribution in [-0.2, 0) is 11.8 Å². The Morgan fingerprint density at radius 1 is 0.947 bits per heavy atom. The molecule has 19 heavy (non-hydrogen) atoms. The van der Waals surface area contributed by atoms with Gasteiger partial charge in [-0.3, -0.25) is 0 Å². The lowest BCUT2D eigenvalue weighted by Gasteiger charge is -2.32. The summed E-state index contributed by atoms with van der Waals surface area (Å²) in [6.45, 7) is 2.27. The molecule has 0 aromatic heterocycles. The summed E-state index contributed by atoms with van der Waals surface area (Å²) in [4.78, 5) is 0. The van der Waals surface area contributed by atoms with Crippen LogP contribution in [0.1, 0.15) is 24.5 Å². The molecular weight excluding hydrogens is 364 g/mol. The molecule has 100 valence electrons. The third kappa shape index (κ3) is 3.49. The number of halogens is 2. The second-order valence-electron chi connectivity index (χ2n) is 4.94. The summed E-state index contributed by atoms with van der Waals surface area (Å²) in [6, 6.07) is 19.5. The molecule has 2 aromatic rings. The van der Waals surface area contributed by atoms with Crippen molar-refractivity contribution in [3.8, 4) is 0 Å². The molecule has 2 rings (SSSR count). The summed E-state index contributed by atoms with van der Waals surface area (Å²) in [5.41, 5.74) is 2.97. The Kier molecular flexibility index (Phi) is 5.23. The van der Waals surface area contributed by atoms with Gasteiger partial charge in [-0.15, -0.1) is 0 Å². The summed E-state index contributed by atoms with van der Waals surface area (Å²) in [5.74, 6) is 0. The third-order valence-electron chi connectivity index (χ3n) is 3.77. The van der Waals surface area contributed by atoms with Crippen LogP contribution in [0.5, 0.6) is 0 Å². The molecule has 0 saturated carbocycles. The normalized spacial score (nSPS) is 14.1. The van der Waals surface area contributed by atoms with Gasteiger partial charge in [0.25, 0.3) is 0 Å². The first kappa shape index (κ1) is 14.8. The van der Waals surface area contributed by atoms with Crippen LogP contribution in [0, 0.1) is 0 Å². The first-order chi connectivity index (χ1) is 9.20. The van der Waals surface area contributed by atoms with E-state index in [2.05, 4.69) is 93.4 Å². The van der Waals surface area contributed by atoms with Crippen LogP contribution in [0.25, 0.3) is 0 Å². The fourth-order valence-electron chi connectivity index (χ4n) is 2.43. The minimum atomic E-state index is 0.176. The van der Waals surface area contributed by atoms with Crippen molar-refractivity contribution >= 4 is 31.9 Å². The smallest absolute Gasteiger partial charge is 0.0175 e. The third-order valence-corrected chi connectivity index (χ3v) is 5.38. The lowest BCUT2D eigenvalue weighted by Crippen LogP contribution is -2.30. The molecule has 0 fully saturated rings. The molecule has 0 aliphatic carbocycles. The molecule has 0 N–H and O–H groups in total. The average Bonchev–Trinajstić information content (AvgIpc) is 2.48. The highest BCUT2D eigenvalue weighted by Gasteiger charge is 2.29. The predicted octanol–water partition coefficient (Wildman–Crippen LogP) is 5.73. The monoisotopic (exact) mass is 380 g/mol. The summed E-state index contributed by atoms with van der Waals surface area (Å²) < 4.78 is 1.14. The highest BCUT2D eigenvalue weighted by atomic mass is 79.9. The number of alkyl halides is 1. The van der Waals surface area contributed by atoms with E-state index >= 15 is 0 Å². The van der Waals surface area contributed by atoms with E-state index in [1.54, 1.807) is 0 Å². The van der Waals surface area contributed by atoms with Gasteiger partial charge in [-0.25, -0.2) is 0 Å². The predicted molar refractivity (Wildman–Crippen MR) is 90.1 cm³/mol. The van der Waals surface area contributed by atoms with Gasteiger partial charge in [-0.1, -0.05) is 81.2 Å². The van der Waals surface area contributed by atoms with Crippen molar-refractivity contribution in [2.75, 3.05) is 5.33 Å². The average molecular weight is 382 g/mol. The Hall–Kier alpha value is -0.600. The van der Waals surface area contributed by atoms with E-state index in [0.717, 1.165) is 22.6 Å². The maximum absolute atomic E-state index is 3.73. The quantitative estimate of drug-likeness (QED) is 0.579. The largest absolute Gasteiger partial charge is 0.0918 e. The number of hydrogen-bond acceptors (Lipinski definition) is 0. The van der Waals surface area contributed by atoms with Crippen molar-refractivity contribution in [3.05, 3.63) is 70.2 Å². The van der Waals surface area contributed by atoms with E-state index < -0.39 is 0 Å². The van der Waals surface area contributed by atoms with Crippen LogP contribution in [-0.4, -0.2) is 5.33 Å². The fourth-order valence-corrected chi connectivity index (χ4v) is 3.62. The summed E-state index contributed by atoms with van der Waals surface area (Å²) >= 11 is 7.23. The second kappa shape index (κ2) is 6.71. The summed E-state index contributed by atoms with van der Waals surface area (Å²) in [6.07, 6.45) is 2.18. The van der Waals surface area contributed by atoms with Crippen molar-refractivity contribution in [1.82, 2.24) is 0 Å². The van der Waals surface area contributed by atoms with Crippen molar-refractivity contribution in [3.63, 3.8) is 0 Å². The molecule has 2 heteroatoms. The lowest BCUT2D eigenvalue weighted by molar-refractivity contribution is 0.464. The molecule has 0 amide bonds. The first-order valence-corrected chi connectivity index (χ1v) is 8.47. The van der Waals surface area contributed by atoms with E-state index in [9.17, 15) is 0 Å². The van der Waals surface area contributed by atoms with Gasteiger partial charge in [-0.05, 0) is 36.1 Å². The Morgan fingerprint density at radius 3 is 2.11 bits per heavy atom. The molecule has 0 saturated heterocycles. The van der Waals surface area contributed by atoms with Gasteiger partial charge >= 0.3 is 0 Å². The number of hydrogen-bond donors (Lipinski definition) is 0. The molecule has 0 aliphatic heterocycles. The number of rotatable bonds is 5. The maximum atomic E-state index is 3.73. The standard InChI is InChI=1S/C17H18Br2/c1-2-17(13-18,15-6-4-3-5-7-15)12-14-8-10-16(19)11-9-14/h3-11H,2,12-13H2,1H3. The van der Waals surface area contributed by atoms with Crippen LogP contribution < -0.4 is 0 Å². The second-order valence-corrected chi connectivity index (χ2v) is 6.41. The Labute approximate surface area is 132 Å². The van der Waals surface area contributed by atoms with Crippen molar-refractivity contribution < 1.29 is 0 Å². The van der Waals surface area contributed by atoms with E-state index in [1.165, 1.54) is 11.1 Å². The molecule has 0 aliphatic rings. The van der Waals surface area contributed by atoms with Crippen LogP contribution in [0.3, 0.4) is 0 Å².